The van der Waals surface area contributed by atoms with Crippen molar-refractivity contribution in [3.8, 4) is 5.75 Å². The van der Waals surface area contributed by atoms with Crippen LogP contribution >= 0.6 is 17.0 Å². The lowest BCUT2D eigenvalue weighted by atomic mass is 10.2. The van der Waals surface area contributed by atoms with Gasteiger partial charge in [0.25, 0.3) is 5.69 Å². The van der Waals surface area contributed by atoms with Crippen molar-refractivity contribution < 1.29 is 10.0 Å². The van der Waals surface area contributed by atoms with Crippen molar-refractivity contribution >= 4 is 33.6 Å². The van der Waals surface area contributed by atoms with Gasteiger partial charge in [-0.2, -0.15) is 0 Å². The molecule has 0 fully saturated rings. The SMILES string of the molecule is Br.O=[N+]([O-])c1ccc(O)c2ncccc12. The lowest BCUT2D eigenvalue weighted by Gasteiger charge is -1.99. The van der Waals surface area contributed by atoms with E-state index in [1.165, 1.54) is 18.3 Å². The van der Waals surface area contributed by atoms with E-state index < -0.39 is 4.92 Å². The first-order valence-electron chi connectivity index (χ1n) is 3.91. The van der Waals surface area contributed by atoms with E-state index in [0.29, 0.717) is 5.39 Å². The minimum absolute atomic E-state index is 0. The van der Waals surface area contributed by atoms with Crippen molar-refractivity contribution in [2.45, 2.75) is 0 Å². The van der Waals surface area contributed by atoms with Crippen LogP contribution in [0.3, 0.4) is 0 Å². The van der Waals surface area contributed by atoms with Gasteiger partial charge in [0, 0.05) is 12.3 Å². The van der Waals surface area contributed by atoms with Crippen molar-refractivity contribution in [3.05, 3.63) is 40.6 Å². The molecule has 6 heteroatoms. The highest BCUT2D eigenvalue weighted by molar-refractivity contribution is 8.93. The second-order valence-corrected chi connectivity index (χ2v) is 2.76. The number of hydrogen-bond acceptors (Lipinski definition) is 4. The van der Waals surface area contributed by atoms with Gasteiger partial charge in [-0.15, -0.1) is 17.0 Å². The topological polar surface area (TPSA) is 76.3 Å². The molecule has 0 radical (unpaired) electrons. The summed E-state index contributed by atoms with van der Waals surface area (Å²) < 4.78 is 0. The van der Waals surface area contributed by atoms with Crippen molar-refractivity contribution in [2.24, 2.45) is 0 Å². The Morgan fingerprint density at radius 2 is 2.07 bits per heavy atom. The number of nitrogens with zero attached hydrogens (tertiary/aromatic N) is 2. The number of halogens is 1. The van der Waals surface area contributed by atoms with Gasteiger partial charge in [-0.25, -0.2) is 0 Å². The summed E-state index contributed by atoms with van der Waals surface area (Å²) in [6.07, 6.45) is 1.48. The summed E-state index contributed by atoms with van der Waals surface area (Å²) in [6, 6.07) is 5.68. The molecule has 1 heterocycles. The molecular formula is C9H7BrN2O3. The Balaban J connectivity index is 0.00000112. The molecule has 1 N–H and O–H groups in total. The molecule has 0 aliphatic carbocycles. The minimum Gasteiger partial charge on any atom is -0.506 e. The predicted octanol–water partition coefficient (Wildman–Crippen LogP) is 2.43. The summed E-state index contributed by atoms with van der Waals surface area (Å²) in [7, 11) is 0. The fraction of sp³-hybridized carbons (Fsp3) is 0. The second kappa shape index (κ2) is 4.22. The number of aromatic nitrogens is 1. The number of phenols is 1. The van der Waals surface area contributed by atoms with Crippen LogP contribution in [-0.4, -0.2) is 15.0 Å². The van der Waals surface area contributed by atoms with Gasteiger partial charge in [-0.3, -0.25) is 15.1 Å². The summed E-state index contributed by atoms with van der Waals surface area (Å²) in [5.41, 5.74) is 0.201. The van der Waals surface area contributed by atoms with Crippen LogP contribution in [0, 0.1) is 10.1 Å². The van der Waals surface area contributed by atoms with Gasteiger partial charge in [-0.1, -0.05) is 0 Å². The number of aromatic hydroxyl groups is 1. The van der Waals surface area contributed by atoms with Crippen LogP contribution in [0.2, 0.25) is 0 Å². The monoisotopic (exact) mass is 270 g/mol. The zero-order valence-corrected chi connectivity index (χ0v) is 9.17. The van der Waals surface area contributed by atoms with Gasteiger partial charge in [-0.05, 0) is 18.2 Å². The zero-order valence-electron chi connectivity index (χ0n) is 7.45. The fourth-order valence-corrected chi connectivity index (χ4v) is 1.30. The standard InChI is InChI=1S/C9H6N2O3.BrH/c12-8-4-3-7(11(13)14)6-2-1-5-10-9(6)8;/h1-5,12H;1H. The Labute approximate surface area is 95.3 Å². The highest BCUT2D eigenvalue weighted by atomic mass is 79.9. The molecule has 15 heavy (non-hydrogen) atoms. The molecular weight excluding hydrogens is 264 g/mol. The quantitative estimate of drug-likeness (QED) is 0.638. The number of pyridine rings is 1. The molecule has 0 atom stereocenters. The highest BCUT2D eigenvalue weighted by Gasteiger charge is 2.13. The van der Waals surface area contributed by atoms with Gasteiger partial charge in [0.15, 0.2) is 0 Å². The molecule has 1 aromatic heterocycles. The Kier molecular flexibility index (Phi) is 3.21. The molecule has 0 aliphatic heterocycles. The molecule has 2 rings (SSSR count). The Hall–Kier alpha value is -1.69. The molecule has 0 bridgehead atoms. The van der Waals surface area contributed by atoms with Crippen molar-refractivity contribution in [1.82, 2.24) is 4.98 Å². The Morgan fingerprint density at radius 3 is 2.73 bits per heavy atom. The smallest absolute Gasteiger partial charge is 0.279 e. The van der Waals surface area contributed by atoms with E-state index in [0.717, 1.165) is 0 Å². The first kappa shape index (κ1) is 11.4. The van der Waals surface area contributed by atoms with Crippen molar-refractivity contribution in [3.63, 3.8) is 0 Å². The largest absolute Gasteiger partial charge is 0.506 e. The van der Waals surface area contributed by atoms with Gasteiger partial charge in [0.2, 0.25) is 0 Å². The molecule has 0 aliphatic rings. The zero-order chi connectivity index (χ0) is 10.1. The van der Waals surface area contributed by atoms with Gasteiger partial charge < -0.3 is 5.11 Å². The lowest BCUT2D eigenvalue weighted by molar-refractivity contribution is -0.383. The van der Waals surface area contributed by atoms with E-state index in [-0.39, 0.29) is 33.9 Å². The molecule has 1 aromatic carbocycles. The summed E-state index contributed by atoms with van der Waals surface area (Å²) in [5, 5.41) is 20.4. The number of hydrogen-bond donors (Lipinski definition) is 1. The van der Waals surface area contributed by atoms with Crippen LogP contribution in [-0.2, 0) is 0 Å². The van der Waals surface area contributed by atoms with Crippen LogP contribution in [0.25, 0.3) is 10.9 Å². The summed E-state index contributed by atoms with van der Waals surface area (Å²) >= 11 is 0. The maximum Gasteiger partial charge on any atom is 0.279 e. The summed E-state index contributed by atoms with van der Waals surface area (Å²) in [4.78, 5) is 14.0. The summed E-state index contributed by atoms with van der Waals surface area (Å²) in [6.45, 7) is 0. The Morgan fingerprint density at radius 1 is 1.33 bits per heavy atom. The van der Waals surface area contributed by atoms with E-state index in [4.69, 9.17) is 0 Å². The Bertz CT molecular complexity index is 516. The maximum absolute atomic E-state index is 10.6. The first-order chi connectivity index (χ1) is 6.70. The highest BCUT2D eigenvalue weighted by Crippen LogP contribution is 2.29. The van der Waals surface area contributed by atoms with E-state index in [1.807, 2.05) is 0 Å². The molecule has 0 spiro atoms. The third-order valence-electron chi connectivity index (χ3n) is 1.92. The van der Waals surface area contributed by atoms with Crippen molar-refractivity contribution in [1.29, 1.82) is 0 Å². The average molecular weight is 271 g/mol. The van der Waals surface area contributed by atoms with Gasteiger partial charge >= 0.3 is 0 Å². The lowest BCUT2D eigenvalue weighted by Crippen LogP contribution is -1.90. The molecule has 0 saturated heterocycles. The molecule has 5 nitrogen and oxygen atoms in total. The number of nitro benzene ring substituents is 1. The van der Waals surface area contributed by atoms with Crippen molar-refractivity contribution in [2.75, 3.05) is 0 Å². The minimum atomic E-state index is -0.497. The van der Waals surface area contributed by atoms with E-state index >= 15 is 0 Å². The van der Waals surface area contributed by atoms with Gasteiger partial charge in [0.1, 0.15) is 11.3 Å². The molecule has 0 amide bonds. The normalized spacial score (nSPS) is 9.60. The molecule has 2 aromatic rings. The summed E-state index contributed by atoms with van der Waals surface area (Å²) in [5.74, 6) is -0.0498. The second-order valence-electron chi connectivity index (χ2n) is 2.76. The number of rotatable bonds is 1. The number of fused-ring (bicyclic) bond motifs is 1. The van der Waals surface area contributed by atoms with E-state index in [9.17, 15) is 15.2 Å². The third kappa shape index (κ3) is 1.89. The van der Waals surface area contributed by atoms with Crippen LogP contribution in [0.1, 0.15) is 0 Å². The number of non-ortho nitro benzene ring substituents is 1. The third-order valence-corrected chi connectivity index (χ3v) is 1.92. The van der Waals surface area contributed by atoms with E-state index in [2.05, 4.69) is 4.98 Å². The van der Waals surface area contributed by atoms with Crippen LogP contribution in [0.15, 0.2) is 30.5 Å². The van der Waals surface area contributed by atoms with Crippen LogP contribution < -0.4 is 0 Å². The first-order valence-corrected chi connectivity index (χ1v) is 3.91. The molecule has 78 valence electrons. The van der Waals surface area contributed by atoms with Gasteiger partial charge in [0.05, 0.1) is 10.3 Å². The van der Waals surface area contributed by atoms with Crippen LogP contribution in [0.4, 0.5) is 5.69 Å². The molecule has 0 saturated carbocycles. The van der Waals surface area contributed by atoms with E-state index in [1.54, 1.807) is 12.1 Å². The number of phenolic OH excluding ortho intramolecular Hbond substituents is 1. The van der Waals surface area contributed by atoms with Crippen LogP contribution in [0.5, 0.6) is 5.75 Å². The fourth-order valence-electron chi connectivity index (χ4n) is 1.30. The number of benzene rings is 1. The average Bonchev–Trinajstić information content (AvgIpc) is 2.18. The molecule has 0 unspecified atom stereocenters. The maximum atomic E-state index is 10.6. The predicted molar refractivity (Wildman–Crippen MR) is 60.4 cm³/mol. The number of nitro groups is 1.